The highest BCUT2D eigenvalue weighted by molar-refractivity contribution is 5.74. The van der Waals surface area contributed by atoms with E-state index >= 15 is 0 Å². The van der Waals surface area contributed by atoms with Gasteiger partial charge in [-0.15, -0.1) is 0 Å². The maximum atomic E-state index is 12.2. The van der Waals surface area contributed by atoms with Gasteiger partial charge in [0.1, 0.15) is 5.75 Å². The van der Waals surface area contributed by atoms with Gasteiger partial charge >= 0.3 is 6.03 Å². The molecular formula is C21H34N2O2. The second kappa shape index (κ2) is 8.59. The molecule has 4 nitrogen and oxygen atoms in total. The average molecular weight is 347 g/mol. The fourth-order valence-electron chi connectivity index (χ4n) is 3.45. The Hall–Kier alpha value is -1.71. The predicted octanol–water partition coefficient (Wildman–Crippen LogP) is 4.44. The molecule has 140 valence electrons. The maximum absolute atomic E-state index is 12.2. The third-order valence-corrected chi connectivity index (χ3v) is 4.74. The summed E-state index contributed by atoms with van der Waals surface area (Å²) < 4.78 is 5.77. The summed E-state index contributed by atoms with van der Waals surface area (Å²) in [5.41, 5.74) is 1.46. The van der Waals surface area contributed by atoms with Gasteiger partial charge in [0.2, 0.25) is 0 Å². The highest BCUT2D eigenvalue weighted by atomic mass is 16.5. The van der Waals surface area contributed by atoms with Gasteiger partial charge in [0, 0.05) is 19.6 Å². The Morgan fingerprint density at radius 1 is 1.16 bits per heavy atom. The van der Waals surface area contributed by atoms with Crippen molar-refractivity contribution in [2.75, 3.05) is 26.2 Å². The van der Waals surface area contributed by atoms with Crippen molar-refractivity contribution in [2.24, 2.45) is 11.8 Å². The molecule has 0 spiro atoms. The Kier molecular flexibility index (Phi) is 6.74. The number of hydrogen-bond donors (Lipinski definition) is 1. The van der Waals surface area contributed by atoms with Gasteiger partial charge in [-0.3, -0.25) is 0 Å². The normalized spacial score (nSPS) is 21.1. The van der Waals surface area contributed by atoms with Crippen LogP contribution in [-0.2, 0) is 5.41 Å². The molecule has 0 aromatic heterocycles. The lowest BCUT2D eigenvalue weighted by Crippen LogP contribution is -2.47. The zero-order valence-electron chi connectivity index (χ0n) is 16.5. The molecule has 1 aliphatic rings. The van der Waals surface area contributed by atoms with Crippen molar-refractivity contribution < 1.29 is 9.53 Å². The third kappa shape index (κ3) is 6.26. The summed E-state index contributed by atoms with van der Waals surface area (Å²) in [5, 5.41) is 3.02. The molecule has 1 saturated heterocycles. The van der Waals surface area contributed by atoms with E-state index in [0.717, 1.165) is 25.3 Å². The lowest BCUT2D eigenvalue weighted by molar-refractivity contribution is 0.145. The van der Waals surface area contributed by atoms with Crippen molar-refractivity contribution in [3.63, 3.8) is 0 Å². The molecule has 1 aromatic rings. The molecule has 1 aromatic carbocycles. The topological polar surface area (TPSA) is 41.6 Å². The number of carbonyl (C=O) groups is 1. The molecule has 1 aliphatic heterocycles. The number of carbonyl (C=O) groups excluding carboxylic acids is 1. The average Bonchev–Trinajstić information content (AvgIpc) is 2.53. The van der Waals surface area contributed by atoms with Gasteiger partial charge in [0.15, 0.2) is 0 Å². The zero-order chi connectivity index (χ0) is 18.4. The number of urea groups is 1. The number of piperidine rings is 1. The van der Waals surface area contributed by atoms with Gasteiger partial charge < -0.3 is 15.0 Å². The lowest BCUT2D eigenvalue weighted by Gasteiger charge is -2.34. The lowest BCUT2D eigenvalue weighted by atomic mass is 9.87. The summed E-state index contributed by atoms with van der Waals surface area (Å²) in [6, 6.07) is 8.35. The minimum Gasteiger partial charge on any atom is -0.494 e. The van der Waals surface area contributed by atoms with Crippen LogP contribution in [0.2, 0.25) is 0 Å². The minimum absolute atomic E-state index is 0.0629. The number of hydrogen-bond acceptors (Lipinski definition) is 2. The minimum atomic E-state index is 0.0629. The highest BCUT2D eigenvalue weighted by Crippen LogP contribution is 2.24. The van der Waals surface area contributed by atoms with Crippen molar-refractivity contribution in [3.05, 3.63) is 29.8 Å². The smallest absolute Gasteiger partial charge is 0.317 e. The number of amides is 2. The van der Waals surface area contributed by atoms with E-state index in [9.17, 15) is 4.79 Å². The monoisotopic (exact) mass is 346 g/mol. The largest absolute Gasteiger partial charge is 0.494 e. The molecule has 2 unspecified atom stereocenters. The van der Waals surface area contributed by atoms with E-state index in [1.165, 1.54) is 12.0 Å². The van der Waals surface area contributed by atoms with Crippen LogP contribution in [0, 0.1) is 11.8 Å². The molecule has 2 rings (SSSR count). The van der Waals surface area contributed by atoms with Crippen LogP contribution in [0.5, 0.6) is 5.75 Å². The standard InChI is InChI=1S/C21H34N2O2/c1-16-13-17(2)15-23(14-16)20(24)22-11-6-12-25-19-9-7-18(8-10-19)21(3,4)5/h7-10,16-17H,6,11-15H2,1-5H3,(H,22,24). The van der Waals surface area contributed by atoms with Gasteiger partial charge in [-0.1, -0.05) is 46.8 Å². The van der Waals surface area contributed by atoms with Gasteiger partial charge in [-0.05, 0) is 47.8 Å². The molecule has 1 heterocycles. The third-order valence-electron chi connectivity index (χ3n) is 4.74. The number of nitrogens with one attached hydrogen (secondary N) is 1. The number of rotatable bonds is 5. The number of nitrogens with zero attached hydrogens (tertiary/aromatic N) is 1. The number of likely N-dealkylation sites (tertiary alicyclic amines) is 1. The van der Waals surface area contributed by atoms with Gasteiger partial charge in [-0.2, -0.15) is 0 Å². The first kappa shape index (κ1) is 19.6. The molecule has 1 N–H and O–H groups in total. The van der Waals surface area contributed by atoms with E-state index in [4.69, 9.17) is 4.74 Å². The van der Waals surface area contributed by atoms with Crippen LogP contribution in [0.25, 0.3) is 0 Å². The molecule has 25 heavy (non-hydrogen) atoms. The number of benzene rings is 1. The van der Waals surface area contributed by atoms with Crippen molar-refractivity contribution in [1.82, 2.24) is 10.2 Å². The molecule has 4 heteroatoms. The Labute approximate surface area is 152 Å². The summed E-state index contributed by atoms with van der Waals surface area (Å²) in [5.74, 6) is 2.07. The summed E-state index contributed by atoms with van der Waals surface area (Å²) in [7, 11) is 0. The molecule has 1 fully saturated rings. The quantitative estimate of drug-likeness (QED) is 0.801. The Morgan fingerprint density at radius 3 is 2.32 bits per heavy atom. The fourth-order valence-corrected chi connectivity index (χ4v) is 3.45. The van der Waals surface area contributed by atoms with E-state index < -0.39 is 0 Å². The fraction of sp³-hybridized carbons (Fsp3) is 0.667. The molecular weight excluding hydrogens is 312 g/mol. The SMILES string of the molecule is CC1CC(C)CN(C(=O)NCCCOc2ccc(C(C)(C)C)cc2)C1. The van der Waals surface area contributed by atoms with Crippen LogP contribution in [-0.4, -0.2) is 37.2 Å². The zero-order valence-corrected chi connectivity index (χ0v) is 16.5. The van der Waals surface area contributed by atoms with Crippen molar-refractivity contribution >= 4 is 6.03 Å². The van der Waals surface area contributed by atoms with Crippen molar-refractivity contribution in [3.8, 4) is 5.75 Å². The first-order chi connectivity index (χ1) is 11.8. The summed E-state index contributed by atoms with van der Waals surface area (Å²) >= 11 is 0. The van der Waals surface area contributed by atoms with Crippen LogP contribution >= 0.6 is 0 Å². The second-order valence-corrected chi connectivity index (χ2v) is 8.56. The Balaban J connectivity index is 1.65. The van der Waals surface area contributed by atoms with E-state index in [2.05, 4.69) is 52.1 Å². The van der Waals surface area contributed by atoms with E-state index in [0.29, 0.717) is 25.0 Å². The molecule has 2 atom stereocenters. The van der Waals surface area contributed by atoms with Crippen LogP contribution in [0.4, 0.5) is 4.79 Å². The molecule has 0 radical (unpaired) electrons. The first-order valence-electron chi connectivity index (χ1n) is 9.52. The van der Waals surface area contributed by atoms with E-state index in [1.54, 1.807) is 0 Å². The molecule has 2 amide bonds. The predicted molar refractivity (Wildman–Crippen MR) is 103 cm³/mol. The first-order valence-corrected chi connectivity index (χ1v) is 9.52. The van der Waals surface area contributed by atoms with E-state index in [1.807, 2.05) is 17.0 Å². The van der Waals surface area contributed by atoms with Crippen LogP contribution < -0.4 is 10.1 Å². The summed E-state index contributed by atoms with van der Waals surface area (Å²) in [6.07, 6.45) is 2.03. The molecule has 0 aliphatic carbocycles. The van der Waals surface area contributed by atoms with Gasteiger partial charge in [0.05, 0.1) is 6.61 Å². The van der Waals surface area contributed by atoms with Crippen LogP contribution in [0.1, 0.15) is 53.0 Å². The van der Waals surface area contributed by atoms with Crippen molar-refractivity contribution in [1.29, 1.82) is 0 Å². The van der Waals surface area contributed by atoms with Crippen molar-refractivity contribution in [2.45, 2.75) is 52.9 Å². The number of ether oxygens (including phenoxy) is 1. The second-order valence-electron chi connectivity index (χ2n) is 8.56. The highest BCUT2D eigenvalue weighted by Gasteiger charge is 2.24. The van der Waals surface area contributed by atoms with Gasteiger partial charge in [-0.25, -0.2) is 4.79 Å². The van der Waals surface area contributed by atoms with Crippen LogP contribution in [0.3, 0.4) is 0 Å². The van der Waals surface area contributed by atoms with Gasteiger partial charge in [0.25, 0.3) is 0 Å². The molecule has 0 bridgehead atoms. The Bertz CT molecular complexity index is 538. The summed E-state index contributed by atoms with van der Waals surface area (Å²) in [4.78, 5) is 14.2. The van der Waals surface area contributed by atoms with Crippen LogP contribution in [0.15, 0.2) is 24.3 Å². The maximum Gasteiger partial charge on any atom is 0.317 e. The Morgan fingerprint density at radius 2 is 1.76 bits per heavy atom. The van der Waals surface area contributed by atoms with E-state index in [-0.39, 0.29) is 11.4 Å². The molecule has 0 saturated carbocycles. The summed E-state index contributed by atoms with van der Waals surface area (Å²) in [6.45, 7) is 14.0.